The number of nitrogens with zero attached hydrogens (tertiary/aromatic N) is 2. The van der Waals surface area contributed by atoms with Gasteiger partial charge in [0.15, 0.2) is 0 Å². The summed E-state index contributed by atoms with van der Waals surface area (Å²) < 4.78 is 0. The number of nitrogens with one attached hydrogen (secondary N) is 1. The van der Waals surface area contributed by atoms with E-state index in [-0.39, 0.29) is 22.9 Å². The number of nitrogens with two attached hydrogens (primary N) is 1. The molecule has 0 saturated carbocycles. The molecule has 1 aliphatic rings. The minimum absolute atomic E-state index is 0.114. The minimum Gasteiger partial charge on any atom is -0.382 e. The van der Waals surface area contributed by atoms with Crippen LogP contribution in [0.2, 0.25) is 5.02 Å². The van der Waals surface area contributed by atoms with Gasteiger partial charge in [0.25, 0.3) is 5.91 Å². The summed E-state index contributed by atoms with van der Waals surface area (Å²) in [7, 11) is 0. The van der Waals surface area contributed by atoms with Crippen molar-refractivity contribution in [3.63, 3.8) is 0 Å². The van der Waals surface area contributed by atoms with Gasteiger partial charge in [0.2, 0.25) is 11.8 Å². The lowest BCUT2D eigenvalue weighted by atomic mass is 10.1. The Morgan fingerprint density at radius 1 is 1.60 bits per heavy atom. The van der Waals surface area contributed by atoms with Crippen LogP contribution in [0, 0.1) is 0 Å². The molecule has 0 aromatic carbocycles. The van der Waals surface area contributed by atoms with Gasteiger partial charge in [-0.3, -0.25) is 19.7 Å². The first-order valence-electron chi connectivity index (χ1n) is 5.99. The van der Waals surface area contributed by atoms with Crippen LogP contribution in [0.4, 0.5) is 5.82 Å². The number of aromatic nitrogens is 1. The van der Waals surface area contributed by atoms with Crippen molar-refractivity contribution >= 4 is 35.1 Å². The molecular weight excluding hydrogens is 284 g/mol. The van der Waals surface area contributed by atoms with Gasteiger partial charge in [0, 0.05) is 6.20 Å². The third-order valence-corrected chi connectivity index (χ3v) is 3.32. The number of amides is 3. The van der Waals surface area contributed by atoms with E-state index in [0.29, 0.717) is 6.42 Å². The number of imide groups is 1. The van der Waals surface area contributed by atoms with Gasteiger partial charge < -0.3 is 10.6 Å². The average Bonchev–Trinajstić information content (AvgIpc) is 2.40. The number of piperazine rings is 1. The standard InChI is InChI=1S/C12H13ClN4O3/c1-2-8-11(19)16-9(18)5-17(8)12(20)6-3-7(13)10(14)15-4-6/h3-4,8H,2,5H2,1H3,(H2,14,15)(H,16,18,19). The second-order valence-corrected chi connectivity index (χ2v) is 4.77. The van der Waals surface area contributed by atoms with E-state index in [0.717, 1.165) is 0 Å². The lowest BCUT2D eigenvalue weighted by molar-refractivity contribution is -0.138. The Labute approximate surface area is 120 Å². The predicted molar refractivity (Wildman–Crippen MR) is 71.9 cm³/mol. The van der Waals surface area contributed by atoms with Crippen molar-refractivity contribution in [3.8, 4) is 0 Å². The highest BCUT2D eigenvalue weighted by molar-refractivity contribution is 6.33. The number of hydrogen-bond acceptors (Lipinski definition) is 5. The van der Waals surface area contributed by atoms with Crippen molar-refractivity contribution < 1.29 is 14.4 Å². The maximum absolute atomic E-state index is 12.4. The number of anilines is 1. The summed E-state index contributed by atoms with van der Waals surface area (Å²) in [5, 5.41) is 2.35. The zero-order valence-electron chi connectivity index (χ0n) is 10.7. The molecule has 0 spiro atoms. The maximum Gasteiger partial charge on any atom is 0.256 e. The molecule has 0 bridgehead atoms. The molecule has 3 N–H and O–H groups in total. The quantitative estimate of drug-likeness (QED) is 0.758. The maximum atomic E-state index is 12.4. The Kier molecular flexibility index (Phi) is 3.89. The van der Waals surface area contributed by atoms with Crippen LogP contribution in [0.3, 0.4) is 0 Å². The highest BCUT2D eigenvalue weighted by atomic mass is 35.5. The Morgan fingerprint density at radius 2 is 2.30 bits per heavy atom. The number of hydrogen-bond donors (Lipinski definition) is 2. The van der Waals surface area contributed by atoms with Gasteiger partial charge in [-0.1, -0.05) is 18.5 Å². The molecule has 1 unspecified atom stereocenters. The van der Waals surface area contributed by atoms with Gasteiger partial charge in [0.05, 0.1) is 10.6 Å². The monoisotopic (exact) mass is 296 g/mol. The van der Waals surface area contributed by atoms with Crippen molar-refractivity contribution in [2.75, 3.05) is 12.3 Å². The van der Waals surface area contributed by atoms with Crippen molar-refractivity contribution in [1.82, 2.24) is 15.2 Å². The second-order valence-electron chi connectivity index (χ2n) is 4.36. The van der Waals surface area contributed by atoms with Crippen molar-refractivity contribution in [2.24, 2.45) is 0 Å². The highest BCUT2D eigenvalue weighted by Crippen LogP contribution is 2.20. The molecule has 20 heavy (non-hydrogen) atoms. The fourth-order valence-electron chi connectivity index (χ4n) is 2.02. The van der Waals surface area contributed by atoms with E-state index in [1.165, 1.54) is 17.2 Å². The Hall–Kier alpha value is -2.15. The van der Waals surface area contributed by atoms with Crippen LogP contribution >= 0.6 is 11.6 Å². The largest absolute Gasteiger partial charge is 0.382 e. The van der Waals surface area contributed by atoms with Crippen LogP contribution < -0.4 is 11.1 Å². The molecule has 1 atom stereocenters. The van der Waals surface area contributed by atoms with Gasteiger partial charge in [-0.05, 0) is 12.5 Å². The molecule has 2 heterocycles. The Bertz CT molecular complexity index is 590. The first-order valence-corrected chi connectivity index (χ1v) is 6.37. The SMILES string of the molecule is CCC1C(=O)NC(=O)CN1C(=O)c1cnc(N)c(Cl)c1. The minimum atomic E-state index is -0.684. The molecule has 7 nitrogen and oxygen atoms in total. The van der Waals surface area contributed by atoms with Crippen LogP contribution in [-0.2, 0) is 9.59 Å². The molecule has 0 aliphatic carbocycles. The normalized spacial score (nSPS) is 18.9. The predicted octanol–water partition coefficient (Wildman–Crippen LogP) is 0.194. The zero-order valence-corrected chi connectivity index (χ0v) is 11.5. The average molecular weight is 297 g/mol. The fraction of sp³-hybridized carbons (Fsp3) is 0.333. The molecule has 1 saturated heterocycles. The molecule has 1 fully saturated rings. The van der Waals surface area contributed by atoms with E-state index in [1.54, 1.807) is 6.92 Å². The van der Waals surface area contributed by atoms with Crippen LogP contribution in [0.1, 0.15) is 23.7 Å². The third-order valence-electron chi connectivity index (χ3n) is 3.02. The molecule has 8 heteroatoms. The van der Waals surface area contributed by atoms with Gasteiger partial charge in [-0.25, -0.2) is 4.98 Å². The smallest absolute Gasteiger partial charge is 0.256 e. The number of carbonyl (C=O) groups excluding carboxylic acids is 3. The van der Waals surface area contributed by atoms with E-state index in [9.17, 15) is 14.4 Å². The number of nitrogen functional groups attached to an aromatic ring is 1. The van der Waals surface area contributed by atoms with E-state index < -0.39 is 23.8 Å². The molecule has 1 aliphatic heterocycles. The number of pyridine rings is 1. The van der Waals surface area contributed by atoms with Crippen molar-refractivity contribution in [2.45, 2.75) is 19.4 Å². The Morgan fingerprint density at radius 3 is 2.90 bits per heavy atom. The molecule has 106 valence electrons. The number of halogens is 1. The summed E-state index contributed by atoms with van der Waals surface area (Å²) in [5.74, 6) is -1.36. The highest BCUT2D eigenvalue weighted by Gasteiger charge is 2.36. The third kappa shape index (κ3) is 2.57. The zero-order chi connectivity index (χ0) is 14.9. The number of rotatable bonds is 2. The summed E-state index contributed by atoms with van der Waals surface area (Å²) in [5.41, 5.74) is 5.66. The van der Waals surface area contributed by atoms with Gasteiger partial charge in [0.1, 0.15) is 18.4 Å². The van der Waals surface area contributed by atoms with Crippen LogP contribution in [0.15, 0.2) is 12.3 Å². The van der Waals surface area contributed by atoms with Crippen LogP contribution in [-0.4, -0.2) is 40.2 Å². The summed E-state index contributed by atoms with van der Waals surface area (Å²) in [6.45, 7) is 1.58. The van der Waals surface area contributed by atoms with E-state index in [2.05, 4.69) is 10.3 Å². The Balaban J connectivity index is 2.32. The fourth-order valence-corrected chi connectivity index (χ4v) is 2.18. The summed E-state index contributed by atoms with van der Waals surface area (Å²) in [6.07, 6.45) is 1.67. The van der Waals surface area contributed by atoms with Gasteiger partial charge in [-0.15, -0.1) is 0 Å². The van der Waals surface area contributed by atoms with E-state index >= 15 is 0 Å². The van der Waals surface area contributed by atoms with Crippen LogP contribution in [0.5, 0.6) is 0 Å². The first kappa shape index (κ1) is 14.3. The molecule has 3 amide bonds. The molecule has 0 radical (unpaired) electrons. The van der Waals surface area contributed by atoms with Gasteiger partial charge in [-0.2, -0.15) is 0 Å². The van der Waals surface area contributed by atoms with Crippen LogP contribution in [0.25, 0.3) is 0 Å². The van der Waals surface area contributed by atoms with Crippen molar-refractivity contribution in [1.29, 1.82) is 0 Å². The van der Waals surface area contributed by atoms with Crippen molar-refractivity contribution in [3.05, 3.63) is 22.8 Å². The lowest BCUT2D eigenvalue weighted by Gasteiger charge is -2.33. The lowest BCUT2D eigenvalue weighted by Crippen LogP contribution is -2.59. The number of carbonyl (C=O) groups is 3. The van der Waals surface area contributed by atoms with Gasteiger partial charge >= 0.3 is 0 Å². The molecule has 2 rings (SSSR count). The van der Waals surface area contributed by atoms with E-state index in [4.69, 9.17) is 17.3 Å². The molecule has 1 aromatic rings. The topological polar surface area (TPSA) is 105 Å². The summed E-state index contributed by atoms with van der Waals surface area (Å²) in [4.78, 5) is 40.5. The first-order chi connectivity index (χ1) is 9.43. The van der Waals surface area contributed by atoms with E-state index in [1.807, 2.05) is 0 Å². The second kappa shape index (κ2) is 5.46. The molecule has 1 aromatic heterocycles. The summed E-state index contributed by atoms with van der Waals surface area (Å²) in [6, 6.07) is 0.687. The summed E-state index contributed by atoms with van der Waals surface area (Å²) >= 11 is 5.82. The molecular formula is C12H13ClN4O3.